The van der Waals surface area contributed by atoms with Crippen LogP contribution in [-0.2, 0) is 4.74 Å². The van der Waals surface area contributed by atoms with E-state index in [9.17, 15) is 0 Å². The minimum Gasteiger partial charge on any atom is -0.469 e. The highest BCUT2D eigenvalue weighted by Crippen LogP contribution is 2.20. The summed E-state index contributed by atoms with van der Waals surface area (Å²) in [4.78, 5) is 4.33. The molecule has 3 nitrogen and oxygen atoms in total. The monoisotopic (exact) mass is 200 g/mol. The van der Waals surface area contributed by atoms with Crippen molar-refractivity contribution in [2.45, 2.75) is 19.4 Å². The standard InChI is InChI=1S/C12H12N2O/c1-12(2)8-14-11(15-12)10-5-3-9(7-13)4-6-10/h3-6H,8H2,1-2H3. The van der Waals surface area contributed by atoms with Gasteiger partial charge >= 0.3 is 0 Å². The maximum atomic E-state index is 8.67. The van der Waals surface area contributed by atoms with Crippen molar-refractivity contribution in [3.8, 4) is 6.07 Å². The molecule has 3 heteroatoms. The average molecular weight is 200 g/mol. The number of benzene rings is 1. The first-order valence-corrected chi connectivity index (χ1v) is 4.85. The normalized spacial score (nSPS) is 17.8. The first-order valence-electron chi connectivity index (χ1n) is 4.85. The maximum Gasteiger partial charge on any atom is 0.216 e. The van der Waals surface area contributed by atoms with Crippen molar-refractivity contribution in [1.29, 1.82) is 5.26 Å². The fourth-order valence-corrected chi connectivity index (χ4v) is 1.43. The predicted molar refractivity (Wildman–Crippen MR) is 57.7 cm³/mol. The number of aliphatic imine (C=N–C) groups is 1. The molecule has 0 aromatic heterocycles. The van der Waals surface area contributed by atoms with E-state index >= 15 is 0 Å². The van der Waals surface area contributed by atoms with E-state index in [4.69, 9.17) is 10.00 Å². The highest BCUT2D eigenvalue weighted by molar-refractivity contribution is 5.95. The molecule has 0 N–H and O–H groups in total. The molecule has 0 atom stereocenters. The molecule has 0 fully saturated rings. The third-order valence-electron chi connectivity index (χ3n) is 2.24. The van der Waals surface area contributed by atoms with Gasteiger partial charge in [-0.05, 0) is 38.1 Å². The van der Waals surface area contributed by atoms with Gasteiger partial charge in [-0.25, -0.2) is 4.99 Å². The summed E-state index contributed by atoms with van der Waals surface area (Å²) >= 11 is 0. The second kappa shape index (κ2) is 3.39. The van der Waals surface area contributed by atoms with Gasteiger partial charge in [0.05, 0.1) is 18.2 Å². The van der Waals surface area contributed by atoms with Gasteiger partial charge in [-0.3, -0.25) is 0 Å². The van der Waals surface area contributed by atoms with Crippen molar-refractivity contribution >= 4 is 5.90 Å². The lowest BCUT2D eigenvalue weighted by molar-refractivity contribution is 0.131. The van der Waals surface area contributed by atoms with Crippen LogP contribution in [0.2, 0.25) is 0 Å². The molecule has 0 bridgehead atoms. The fraction of sp³-hybridized carbons (Fsp3) is 0.333. The Labute approximate surface area is 89.0 Å². The number of ether oxygens (including phenoxy) is 1. The molecule has 1 aromatic rings. The molecule has 15 heavy (non-hydrogen) atoms. The second-order valence-corrected chi connectivity index (χ2v) is 4.17. The predicted octanol–water partition coefficient (Wildman–Crippen LogP) is 2.11. The van der Waals surface area contributed by atoms with Gasteiger partial charge in [-0.15, -0.1) is 0 Å². The SMILES string of the molecule is CC1(C)CN=C(c2ccc(C#N)cc2)O1. The fourth-order valence-electron chi connectivity index (χ4n) is 1.43. The Balaban J connectivity index is 2.22. The topological polar surface area (TPSA) is 45.4 Å². The third kappa shape index (κ3) is 1.99. The largest absolute Gasteiger partial charge is 0.469 e. The van der Waals surface area contributed by atoms with Crippen LogP contribution in [0.25, 0.3) is 0 Å². The van der Waals surface area contributed by atoms with Crippen LogP contribution in [0.4, 0.5) is 0 Å². The highest BCUT2D eigenvalue weighted by atomic mass is 16.5. The molecule has 0 radical (unpaired) electrons. The van der Waals surface area contributed by atoms with Gasteiger partial charge in [0, 0.05) is 5.56 Å². The van der Waals surface area contributed by atoms with Crippen molar-refractivity contribution in [3.63, 3.8) is 0 Å². The molecule has 0 aliphatic carbocycles. The van der Waals surface area contributed by atoms with Gasteiger partial charge in [0.25, 0.3) is 0 Å². The minimum atomic E-state index is -0.205. The van der Waals surface area contributed by atoms with E-state index in [0.717, 1.165) is 5.56 Å². The molecule has 0 unspecified atom stereocenters. The van der Waals surface area contributed by atoms with E-state index in [1.165, 1.54) is 0 Å². The number of nitriles is 1. The van der Waals surface area contributed by atoms with Gasteiger partial charge in [0.1, 0.15) is 5.60 Å². The Kier molecular flexibility index (Phi) is 2.20. The number of hydrogen-bond donors (Lipinski definition) is 0. The van der Waals surface area contributed by atoms with Crippen LogP contribution in [0, 0.1) is 11.3 Å². The molecule has 1 heterocycles. The number of hydrogen-bond acceptors (Lipinski definition) is 3. The van der Waals surface area contributed by atoms with E-state index in [1.54, 1.807) is 12.1 Å². The summed E-state index contributed by atoms with van der Waals surface area (Å²) in [5.41, 5.74) is 1.37. The smallest absolute Gasteiger partial charge is 0.216 e. The van der Waals surface area contributed by atoms with Crippen molar-refractivity contribution in [2.24, 2.45) is 4.99 Å². The zero-order valence-corrected chi connectivity index (χ0v) is 8.82. The van der Waals surface area contributed by atoms with E-state index < -0.39 is 0 Å². The first-order chi connectivity index (χ1) is 7.11. The molecule has 1 aliphatic heterocycles. The van der Waals surface area contributed by atoms with Crippen molar-refractivity contribution in [1.82, 2.24) is 0 Å². The van der Waals surface area contributed by atoms with Crippen LogP contribution in [0.3, 0.4) is 0 Å². The Morgan fingerprint density at radius 2 is 2.00 bits per heavy atom. The zero-order valence-electron chi connectivity index (χ0n) is 8.82. The molecule has 0 spiro atoms. The van der Waals surface area contributed by atoms with Crippen LogP contribution in [0.5, 0.6) is 0 Å². The molecule has 2 rings (SSSR count). The quantitative estimate of drug-likeness (QED) is 0.697. The van der Waals surface area contributed by atoms with Crippen LogP contribution >= 0.6 is 0 Å². The highest BCUT2D eigenvalue weighted by Gasteiger charge is 2.27. The number of nitrogens with zero attached hydrogens (tertiary/aromatic N) is 2. The summed E-state index contributed by atoms with van der Waals surface area (Å²) in [6, 6.07) is 9.34. The maximum absolute atomic E-state index is 8.67. The van der Waals surface area contributed by atoms with E-state index in [1.807, 2.05) is 26.0 Å². The van der Waals surface area contributed by atoms with Crippen molar-refractivity contribution < 1.29 is 4.74 Å². The Bertz CT molecular complexity index is 438. The second-order valence-electron chi connectivity index (χ2n) is 4.17. The molecule has 76 valence electrons. The van der Waals surface area contributed by atoms with E-state index in [2.05, 4.69) is 11.1 Å². The van der Waals surface area contributed by atoms with Gasteiger partial charge in [0.15, 0.2) is 0 Å². The van der Waals surface area contributed by atoms with Gasteiger partial charge < -0.3 is 4.74 Å². The van der Waals surface area contributed by atoms with Gasteiger partial charge in [-0.1, -0.05) is 0 Å². The molecule has 1 aliphatic rings. The Morgan fingerprint density at radius 3 is 2.47 bits per heavy atom. The van der Waals surface area contributed by atoms with Crippen LogP contribution in [-0.4, -0.2) is 18.0 Å². The van der Waals surface area contributed by atoms with Gasteiger partial charge in [-0.2, -0.15) is 5.26 Å². The summed E-state index contributed by atoms with van der Waals surface area (Å²) in [7, 11) is 0. The molecule has 0 amide bonds. The lowest BCUT2D eigenvalue weighted by Crippen LogP contribution is -2.24. The summed E-state index contributed by atoms with van der Waals surface area (Å²) in [5, 5.41) is 8.67. The first kappa shape index (κ1) is 9.72. The van der Waals surface area contributed by atoms with Crippen LogP contribution < -0.4 is 0 Å². The summed E-state index contributed by atoms with van der Waals surface area (Å²) in [6.07, 6.45) is 0. The summed E-state index contributed by atoms with van der Waals surface area (Å²) in [6.45, 7) is 4.70. The zero-order chi connectivity index (χ0) is 10.9. The minimum absolute atomic E-state index is 0.205. The lowest BCUT2D eigenvalue weighted by atomic mass is 10.1. The molecular weight excluding hydrogens is 188 g/mol. The van der Waals surface area contributed by atoms with Crippen molar-refractivity contribution in [3.05, 3.63) is 35.4 Å². The van der Waals surface area contributed by atoms with Gasteiger partial charge in [0.2, 0.25) is 5.90 Å². The average Bonchev–Trinajstić information content (AvgIpc) is 2.59. The van der Waals surface area contributed by atoms with E-state index in [-0.39, 0.29) is 5.60 Å². The Morgan fingerprint density at radius 1 is 1.33 bits per heavy atom. The molecule has 0 saturated carbocycles. The van der Waals surface area contributed by atoms with Crippen LogP contribution in [0.15, 0.2) is 29.3 Å². The van der Waals surface area contributed by atoms with E-state index in [0.29, 0.717) is 18.0 Å². The molecular formula is C12H12N2O. The van der Waals surface area contributed by atoms with Crippen LogP contribution in [0.1, 0.15) is 25.0 Å². The molecule has 0 saturated heterocycles. The number of rotatable bonds is 1. The summed E-state index contributed by atoms with van der Waals surface area (Å²) in [5.74, 6) is 0.671. The summed E-state index contributed by atoms with van der Waals surface area (Å²) < 4.78 is 5.68. The van der Waals surface area contributed by atoms with Crippen molar-refractivity contribution in [2.75, 3.05) is 6.54 Å². The Hall–Kier alpha value is -1.82. The molecule has 1 aromatic carbocycles. The lowest BCUT2D eigenvalue weighted by Gasteiger charge is -2.17. The third-order valence-corrected chi connectivity index (χ3v) is 2.24.